The summed E-state index contributed by atoms with van der Waals surface area (Å²) in [5.41, 5.74) is 0.638. The van der Waals surface area contributed by atoms with Crippen molar-refractivity contribution >= 4 is 17.8 Å². The summed E-state index contributed by atoms with van der Waals surface area (Å²) in [7, 11) is 0. The number of amides is 2. The highest BCUT2D eigenvalue weighted by Gasteiger charge is 2.28. The van der Waals surface area contributed by atoms with E-state index in [0.29, 0.717) is 5.56 Å². The Morgan fingerprint density at radius 1 is 1.20 bits per heavy atom. The van der Waals surface area contributed by atoms with E-state index < -0.39 is 12.0 Å². The van der Waals surface area contributed by atoms with Gasteiger partial charge in [0.25, 0.3) is 0 Å². The lowest BCUT2D eigenvalue weighted by atomic mass is 10.1. The zero-order chi connectivity index (χ0) is 14.5. The molecular weight excluding hydrogens is 260 g/mol. The molecule has 1 fully saturated rings. The zero-order valence-corrected chi connectivity index (χ0v) is 10.9. The molecule has 1 aromatic rings. The minimum atomic E-state index is -0.990. The Hall–Kier alpha value is -2.21. The highest BCUT2D eigenvalue weighted by Crippen LogP contribution is 2.13. The van der Waals surface area contributed by atoms with Gasteiger partial charge in [0, 0.05) is 25.9 Å². The van der Waals surface area contributed by atoms with Gasteiger partial charge < -0.3 is 5.11 Å². The number of likely N-dealkylation sites (tertiary alicyclic amines) is 1. The summed E-state index contributed by atoms with van der Waals surface area (Å²) in [5, 5.41) is 12.1. The minimum Gasteiger partial charge on any atom is -0.480 e. The first kappa shape index (κ1) is 14.2. The van der Waals surface area contributed by atoms with Crippen LogP contribution in [0.15, 0.2) is 30.3 Å². The van der Waals surface area contributed by atoms with Crippen molar-refractivity contribution in [3.05, 3.63) is 35.9 Å². The SMILES string of the molecule is O=C(O)C(NCCN1C(=O)CCC1=O)c1ccccc1. The van der Waals surface area contributed by atoms with E-state index in [1.807, 2.05) is 6.07 Å². The van der Waals surface area contributed by atoms with Gasteiger partial charge in [-0.25, -0.2) is 0 Å². The van der Waals surface area contributed by atoms with E-state index in [0.717, 1.165) is 0 Å². The van der Waals surface area contributed by atoms with Gasteiger partial charge in [0.2, 0.25) is 11.8 Å². The standard InChI is InChI=1S/C14H16N2O4/c17-11-6-7-12(18)16(11)9-8-15-13(14(19)20)10-4-2-1-3-5-10/h1-5,13,15H,6-9H2,(H,19,20). The van der Waals surface area contributed by atoms with Gasteiger partial charge in [-0.1, -0.05) is 30.3 Å². The number of benzene rings is 1. The van der Waals surface area contributed by atoms with Crippen molar-refractivity contribution in [2.75, 3.05) is 13.1 Å². The van der Waals surface area contributed by atoms with Crippen LogP contribution >= 0.6 is 0 Å². The number of hydrogen-bond acceptors (Lipinski definition) is 4. The van der Waals surface area contributed by atoms with Crippen LogP contribution in [0.25, 0.3) is 0 Å². The highest BCUT2D eigenvalue weighted by molar-refractivity contribution is 6.01. The van der Waals surface area contributed by atoms with Crippen molar-refractivity contribution in [3.63, 3.8) is 0 Å². The van der Waals surface area contributed by atoms with Crippen molar-refractivity contribution in [2.24, 2.45) is 0 Å². The molecular formula is C14H16N2O4. The zero-order valence-electron chi connectivity index (χ0n) is 10.9. The fourth-order valence-electron chi connectivity index (χ4n) is 2.19. The summed E-state index contributed by atoms with van der Waals surface area (Å²) >= 11 is 0. The summed E-state index contributed by atoms with van der Waals surface area (Å²) in [6.45, 7) is 0.456. The molecule has 20 heavy (non-hydrogen) atoms. The van der Waals surface area contributed by atoms with Crippen LogP contribution in [0, 0.1) is 0 Å². The van der Waals surface area contributed by atoms with Crippen LogP contribution in [0.2, 0.25) is 0 Å². The van der Waals surface area contributed by atoms with Crippen LogP contribution < -0.4 is 5.32 Å². The second kappa shape index (κ2) is 6.29. The van der Waals surface area contributed by atoms with E-state index >= 15 is 0 Å². The molecule has 0 saturated carbocycles. The normalized spacial score (nSPS) is 16.5. The van der Waals surface area contributed by atoms with Gasteiger partial charge in [-0.05, 0) is 5.56 Å². The average Bonchev–Trinajstić information content (AvgIpc) is 2.75. The van der Waals surface area contributed by atoms with Crippen LogP contribution in [0.1, 0.15) is 24.4 Å². The molecule has 0 aliphatic carbocycles. The molecule has 0 bridgehead atoms. The average molecular weight is 276 g/mol. The number of carbonyl (C=O) groups is 3. The quantitative estimate of drug-likeness (QED) is 0.741. The fourth-order valence-corrected chi connectivity index (χ4v) is 2.19. The van der Waals surface area contributed by atoms with Crippen molar-refractivity contribution in [1.82, 2.24) is 10.2 Å². The minimum absolute atomic E-state index is 0.191. The van der Waals surface area contributed by atoms with E-state index in [1.54, 1.807) is 24.3 Å². The van der Waals surface area contributed by atoms with E-state index in [9.17, 15) is 19.5 Å². The molecule has 1 saturated heterocycles. The smallest absolute Gasteiger partial charge is 0.325 e. The molecule has 1 aromatic carbocycles. The summed E-state index contributed by atoms with van der Waals surface area (Å²) in [6.07, 6.45) is 0.500. The van der Waals surface area contributed by atoms with Gasteiger partial charge in [-0.3, -0.25) is 24.6 Å². The lowest BCUT2D eigenvalue weighted by molar-refractivity contribution is -0.139. The summed E-state index contributed by atoms with van der Waals surface area (Å²) in [5.74, 6) is -1.37. The summed E-state index contributed by atoms with van der Waals surface area (Å²) < 4.78 is 0. The topological polar surface area (TPSA) is 86.7 Å². The fraction of sp³-hybridized carbons (Fsp3) is 0.357. The number of aliphatic carboxylic acids is 1. The molecule has 0 spiro atoms. The molecule has 0 aromatic heterocycles. The van der Waals surface area contributed by atoms with Crippen molar-refractivity contribution < 1.29 is 19.5 Å². The van der Waals surface area contributed by atoms with Crippen LogP contribution in [-0.2, 0) is 14.4 Å². The Kier molecular flexibility index (Phi) is 4.47. The molecule has 1 aliphatic heterocycles. The number of nitrogens with zero attached hydrogens (tertiary/aromatic N) is 1. The predicted octanol–water partition coefficient (Wildman–Crippen LogP) is 0.551. The molecule has 1 unspecified atom stereocenters. The van der Waals surface area contributed by atoms with E-state index in [4.69, 9.17) is 0 Å². The van der Waals surface area contributed by atoms with Crippen LogP contribution in [-0.4, -0.2) is 40.9 Å². The number of carboxylic acid groups (broad SMARTS) is 1. The number of hydrogen-bond donors (Lipinski definition) is 2. The van der Waals surface area contributed by atoms with Gasteiger partial charge >= 0.3 is 5.97 Å². The molecule has 0 radical (unpaired) electrons. The summed E-state index contributed by atoms with van der Waals surface area (Å²) in [6, 6.07) is 7.94. The maximum atomic E-state index is 11.4. The van der Waals surface area contributed by atoms with Gasteiger partial charge in [0.1, 0.15) is 6.04 Å². The van der Waals surface area contributed by atoms with Crippen molar-refractivity contribution in [1.29, 1.82) is 0 Å². The van der Waals surface area contributed by atoms with Crippen molar-refractivity contribution in [3.8, 4) is 0 Å². The Morgan fingerprint density at radius 3 is 2.35 bits per heavy atom. The third-order valence-electron chi connectivity index (χ3n) is 3.22. The number of carbonyl (C=O) groups excluding carboxylic acids is 2. The van der Waals surface area contributed by atoms with Crippen LogP contribution in [0.4, 0.5) is 0 Å². The second-order valence-electron chi connectivity index (χ2n) is 4.58. The van der Waals surface area contributed by atoms with Gasteiger partial charge in [0.05, 0.1) is 0 Å². The first-order chi connectivity index (χ1) is 9.59. The third kappa shape index (κ3) is 3.21. The van der Waals surface area contributed by atoms with Crippen molar-refractivity contribution in [2.45, 2.75) is 18.9 Å². The number of carboxylic acids is 1. The van der Waals surface area contributed by atoms with E-state index in [-0.39, 0.29) is 37.7 Å². The lowest BCUT2D eigenvalue weighted by Crippen LogP contribution is -2.38. The third-order valence-corrected chi connectivity index (χ3v) is 3.22. The van der Waals surface area contributed by atoms with Crippen LogP contribution in [0.5, 0.6) is 0 Å². The predicted molar refractivity (Wildman–Crippen MR) is 70.8 cm³/mol. The first-order valence-corrected chi connectivity index (χ1v) is 6.44. The Bertz CT molecular complexity index is 499. The number of rotatable bonds is 6. The molecule has 106 valence electrons. The molecule has 1 aliphatic rings. The van der Waals surface area contributed by atoms with E-state index in [2.05, 4.69) is 5.32 Å². The number of imide groups is 1. The Labute approximate surface area is 116 Å². The molecule has 6 nitrogen and oxygen atoms in total. The molecule has 2 N–H and O–H groups in total. The first-order valence-electron chi connectivity index (χ1n) is 6.44. The molecule has 2 amide bonds. The Morgan fingerprint density at radius 2 is 1.80 bits per heavy atom. The maximum absolute atomic E-state index is 11.4. The number of nitrogens with one attached hydrogen (secondary N) is 1. The summed E-state index contributed by atoms with van der Waals surface area (Å²) in [4.78, 5) is 35.3. The molecule has 1 heterocycles. The Balaban J connectivity index is 1.92. The molecule has 1 atom stereocenters. The van der Waals surface area contributed by atoms with Gasteiger partial charge in [-0.15, -0.1) is 0 Å². The molecule has 6 heteroatoms. The van der Waals surface area contributed by atoms with E-state index in [1.165, 1.54) is 4.90 Å². The monoisotopic (exact) mass is 276 g/mol. The largest absolute Gasteiger partial charge is 0.480 e. The van der Waals surface area contributed by atoms with Gasteiger partial charge in [-0.2, -0.15) is 0 Å². The van der Waals surface area contributed by atoms with Gasteiger partial charge in [0.15, 0.2) is 0 Å². The highest BCUT2D eigenvalue weighted by atomic mass is 16.4. The molecule has 2 rings (SSSR count). The maximum Gasteiger partial charge on any atom is 0.325 e. The lowest BCUT2D eigenvalue weighted by Gasteiger charge is -2.18. The van der Waals surface area contributed by atoms with Crippen LogP contribution in [0.3, 0.4) is 0 Å². The second-order valence-corrected chi connectivity index (χ2v) is 4.58.